The van der Waals surface area contributed by atoms with Gasteiger partial charge in [-0.25, -0.2) is 0 Å². The van der Waals surface area contributed by atoms with E-state index in [4.69, 9.17) is 0 Å². The Hall–Kier alpha value is 1.44. The van der Waals surface area contributed by atoms with Crippen LogP contribution in [0.2, 0.25) is 0 Å². The van der Waals surface area contributed by atoms with E-state index in [9.17, 15) is 0 Å². The maximum atomic E-state index is 4.42. The Morgan fingerprint density at radius 1 is 0.333 bits per heavy atom. The van der Waals surface area contributed by atoms with Gasteiger partial charge >= 0.3 is 0 Å². The van der Waals surface area contributed by atoms with E-state index in [-0.39, 0.29) is 0 Å². The summed E-state index contributed by atoms with van der Waals surface area (Å²) in [7, 11) is 0. The lowest BCUT2D eigenvalue weighted by molar-refractivity contribution is -0.260. The van der Waals surface area contributed by atoms with Gasteiger partial charge in [0, 0.05) is 13.0 Å². The molecule has 3 heteroatoms. The number of halogens is 3. The van der Waals surface area contributed by atoms with Crippen molar-refractivity contribution in [1.29, 1.82) is 0 Å². The number of alkyl halides is 3. The van der Waals surface area contributed by atoms with E-state index < -0.39 is 0 Å². The molecule has 12 rings (SSSR count). The molecule has 0 aromatic carbocycles. The second-order valence-corrected chi connectivity index (χ2v) is 21.6. The van der Waals surface area contributed by atoms with Crippen LogP contribution in [0.15, 0.2) is 0 Å². The van der Waals surface area contributed by atoms with Gasteiger partial charge in [-0.05, 0) is 167 Å². The maximum absolute atomic E-state index is 4.42. The van der Waals surface area contributed by atoms with Gasteiger partial charge in [0.15, 0.2) is 0 Å². The van der Waals surface area contributed by atoms with Gasteiger partial charge in [0.05, 0.1) is 0 Å². The van der Waals surface area contributed by atoms with Crippen molar-refractivity contribution in [3.05, 3.63) is 0 Å². The van der Waals surface area contributed by atoms with Crippen molar-refractivity contribution >= 4 is 47.8 Å². The molecule has 12 aliphatic carbocycles. The second kappa shape index (κ2) is 6.02. The van der Waals surface area contributed by atoms with Gasteiger partial charge < -0.3 is 0 Å². The molecule has 0 aliphatic heterocycles. The minimum Gasteiger partial charge on any atom is -0.0853 e. The van der Waals surface area contributed by atoms with E-state index in [0.29, 0.717) is 34.6 Å². The summed E-state index contributed by atoms with van der Waals surface area (Å²) in [6.45, 7) is 0. The highest BCUT2D eigenvalue weighted by Gasteiger charge is 2.75. The van der Waals surface area contributed by atoms with Crippen LogP contribution in [-0.2, 0) is 0 Å². The first kappa shape index (κ1) is 21.4. The Kier molecular flexibility index (Phi) is 3.90. The van der Waals surface area contributed by atoms with Gasteiger partial charge in [-0.1, -0.05) is 47.8 Å². The van der Waals surface area contributed by atoms with Crippen molar-refractivity contribution in [3.8, 4) is 0 Å². The average molecular weight is 641 g/mol. The molecule has 0 saturated heterocycles. The Labute approximate surface area is 226 Å². The summed E-state index contributed by atoms with van der Waals surface area (Å²) < 4.78 is 1.42. The van der Waals surface area contributed by atoms with E-state index >= 15 is 0 Å². The van der Waals surface area contributed by atoms with Gasteiger partial charge in [0.2, 0.25) is 0 Å². The normalized spacial score (nSPS) is 70.5. The summed E-state index contributed by atoms with van der Waals surface area (Å²) in [5, 5.41) is 0. The molecule has 12 saturated carbocycles. The Balaban J connectivity index is 1.17. The minimum absolute atomic E-state index is 0.451. The third-order valence-electron chi connectivity index (χ3n) is 14.2. The summed E-state index contributed by atoms with van der Waals surface area (Å²) in [6, 6.07) is 0. The highest BCUT2D eigenvalue weighted by molar-refractivity contribution is 9.10. The SMILES string of the molecule is BrC12CC3CC(C1)CC(C14CC5CC(C1)CC(C16CC7CC(Br)(CC(Br)(C7)C1)C6)(C5)C4)(C3)C2. The van der Waals surface area contributed by atoms with E-state index in [1.54, 1.807) is 70.6 Å². The average Bonchev–Trinajstić information content (AvgIpc) is 2.62. The molecule has 182 valence electrons. The lowest BCUT2D eigenvalue weighted by atomic mass is 9.28. The largest absolute Gasteiger partial charge is 0.0853 e. The molecule has 0 aromatic heterocycles. The Morgan fingerprint density at radius 3 is 1.18 bits per heavy atom. The molecule has 0 nitrogen and oxygen atoms in total. The van der Waals surface area contributed by atoms with Crippen molar-refractivity contribution < 1.29 is 0 Å². The molecule has 0 heterocycles. The highest BCUT2D eigenvalue weighted by Crippen LogP contribution is 2.84. The third kappa shape index (κ3) is 2.61. The molecule has 0 radical (unpaired) electrons. The van der Waals surface area contributed by atoms with Crippen LogP contribution in [0.5, 0.6) is 0 Å². The summed E-state index contributed by atoms with van der Waals surface area (Å²) >= 11 is 13.3. The van der Waals surface area contributed by atoms with Gasteiger partial charge in [-0.15, -0.1) is 0 Å². The first-order chi connectivity index (χ1) is 15.5. The molecular formula is C30H41Br3. The van der Waals surface area contributed by atoms with Crippen molar-refractivity contribution in [1.82, 2.24) is 0 Å². The standard InChI is InChI=1S/C30H41Br3/c31-28-10-21-2-22(11-28)8-26(7-21,15-28)24-3-19-1-20(4-24)6-25(5-19,14-24)27-9-23-12-29(32,16-27)18-30(33,13-23)17-27/h19-23H,1-18H2. The molecule has 12 fully saturated rings. The zero-order valence-corrected chi connectivity index (χ0v) is 25.0. The molecule has 0 aromatic rings. The molecule has 6 unspecified atom stereocenters. The molecular weight excluding hydrogens is 600 g/mol. The maximum Gasteiger partial charge on any atom is 0.0279 e. The monoisotopic (exact) mass is 638 g/mol. The van der Waals surface area contributed by atoms with E-state index in [1.807, 2.05) is 0 Å². The lowest BCUT2D eigenvalue weighted by Gasteiger charge is -2.78. The van der Waals surface area contributed by atoms with E-state index in [0.717, 1.165) is 29.6 Å². The molecule has 0 spiro atoms. The summed E-state index contributed by atoms with van der Waals surface area (Å²) in [6.07, 6.45) is 28.1. The van der Waals surface area contributed by atoms with Gasteiger partial charge in [-0.2, -0.15) is 0 Å². The Morgan fingerprint density at radius 2 is 0.697 bits per heavy atom. The first-order valence-corrected chi connectivity index (χ1v) is 17.0. The van der Waals surface area contributed by atoms with E-state index in [1.165, 1.54) is 44.9 Å². The quantitative estimate of drug-likeness (QED) is 0.264. The van der Waals surface area contributed by atoms with Crippen molar-refractivity contribution in [3.63, 3.8) is 0 Å². The summed E-state index contributed by atoms with van der Waals surface area (Å²) in [5.41, 5.74) is 2.72. The smallest absolute Gasteiger partial charge is 0.0279 e. The topological polar surface area (TPSA) is 0 Å². The Bertz CT molecular complexity index is 891. The predicted molar refractivity (Wildman–Crippen MR) is 145 cm³/mol. The second-order valence-electron chi connectivity index (χ2n) is 16.5. The van der Waals surface area contributed by atoms with Crippen LogP contribution in [0.25, 0.3) is 0 Å². The number of hydrogen-bond donors (Lipinski definition) is 0. The fraction of sp³-hybridized carbons (Fsp3) is 1.00. The lowest BCUT2D eigenvalue weighted by Crippen LogP contribution is -2.70. The van der Waals surface area contributed by atoms with Crippen LogP contribution in [0.1, 0.15) is 116 Å². The van der Waals surface area contributed by atoms with E-state index in [2.05, 4.69) is 47.8 Å². The van der Waals surface area contributed by atoms with Crippen LogP contribution in [0, 0.1) is 51.2 Å². The molecule has 0 amide bonds. The summed E-state index contributed by atoms with van der Waals surface area (Å²) in [4.78, 5) is 0. The van der Waals surface area contributed by atoms with Gasteiger partial charge in [-0.3, -0.25) is 0 Å². The molecule has 12 bridgehead atoms. The first-order valence-electron chi connectivity index (χ1n) is 14.6. The minimum atomic E-state index is 0.451. The zero-order chi connectivity index (χ0) is 22.1. The highest BCUT2D eigenvalue weighted by atomic mass is 79.9. The van der Waals surface area contributed by atoms with Gasteiger partial charge in [0.1, 0.15) is 0 Å². The zero-order valence-electron chi connectivity index (χ0n) is 20.2. The fourth-order valence-electron chi connectivity index (χ4n) is 15.1. The molecule has 33 heavy (non-hydrogen) atoms. The van der Waals surface area contributed by atoms with Gasteiger partial charge in [0.25, 0.3) is 0 Å². The molecule has 0 N–H and O–H groups in total. The predicted octanol–water partition coefficient (Wildman–Crippen LogP) is 9.56. The van der Waals surface area contributed by atoms with Crippen LogP contribution in [-0.4, -0.2) is 13.0 Å². The van der Waals surface area contributed by atoms with Crippen LogP contribution in [0.3, 0.4) is 0 Å². The molecule has 6 atom stereocenters. The van der Waals surface area contributed by atoms with Crippen molar-refractivity contribution in [2.24, 2.45) is 51.2 Å². The molecule has 12 aliphatic rings. The van der Waals surface area contributed by atoms with Crippen LogP contribution in [0.4, 0.5) is 0 Å². The van der Waals surface area contributed by atoms with Crippen molar-refractivity contribution in [2.75, 3.05) is 0 Å². The number of hydrogen-bond acceptors (Lipinski definition) is 0. The van der Waals surface area contributed by atoms with Crippen LogP contribution >= 0.6 is 47.8 Å². The fourth-order valence-corrected chi connectivity index (χ4v) is 20.0. The summed E-state index contributed by atoms with van der Waals surface area (Å²) in [5.74, 6) is 5.21. The van der Waals surface area contributed by atoms with Crippen LogP contribution < -0.4 is 0 Å². The third-order valence-corrected chi connectivity index (χ3v) is 16.9. The van der Waals surface area contributed by atoms with Crippen molar-refractivity contribution in [2.45, 2.75) is 129 Å². The number of rotatable bonds is 2.